The van der Waals surface area contributed by atoms with E-state index < -0.39 is 0 Å². The van der Waals surface area contributed by atoms with Crippen LogP contribution in [0.4, 0.5) is 0 Å². The molecular weight excluding hydrogens is 300 g/mol. The third-order valence-electron chi connectivity index (χ3n) is 5.19. The van der Waals surface area contributed by atoms with Gasteiger partial charge in [0.2, 0.25) is 0 Å². The molecule has 1 atom stereocenters. The Kier molecular flexibility index (Phi) is 3.87. The number of aromatic nitrogens is 3. The van der Waals surface area contributed by atoms with Gasteiger partial charge in [-0.15, -0.1) is 10.2 Å². The summed E-state index contributed by atoms with van der Waals surface area (Å²) in [5.74, 6) is 2.44. The van der Waals surface area contributed by atoms with Gasteiger partial charge in [0.15, 0.2) is 0 Å². The smallest absolute Gasteiger partial charge is 0.251 e. The van der Waals surface area contributed by atoms with Gasteiger partial charge in [-0.2, -0.15) is 0 Å². The first kappa shape index (κ1) is 15.4. The minimum absolute atomic E-state index is 0.0392. The maximum Gasteiger partial charge on any atom is 0.251 e. The SMILES string of the molecule is CC(C)c1nnc2n1C[C@H](NC(=O)c1ccc3c(c1)CCC3)CC2. The summed E-state index contributed by atoms with van der Waals surface area (Å²) in [5, 5.41) is 11.8. The zero-order valence-electron chi connectivity index (χ0n) is 14.4. The summed E-state index contributed by atoms with van der Waals surface area (Å²) in [7, 11) is 0. The Labute approximate surface area is 142 Å². The second kappa shape index (κ2) is 6.04. The van der Waals surface area contributed by atoms with Crippen molar-refractivity contribution in [3.8, 4) is 0 Å². The fraction of sp³-hybridized carbons (Fsp3) is 0.526. The van der Waals surface area contributed by atoms with Gasteiger partial charge in [0.05, 0.1) is 0 Å². The van der Waals surface area contributed by atoms with Crippen LogP contribution in [0.25, 0.3) is 0 Å². The molecular formula is C19H24N4O. The molecule has 0 saturated carbocycles. The highest BCUT2D eigenvalue weighted by atomic mass is 16.1. The van der Waals surface area contributed by atoms with E-state index >= 15 is 0 Å². The van der Waals surface area contributed by atoms with E-state index in [0.717, 1.165) is 49.4 Å². The van der Waals surface area contributed by atoms with Gasteiger partial charge in [-0.05, 0) is 48.9 Å². The van der Waals surface area contributed by atoms with Crippen molar-refractivity contribution >= 4 is 5.91 Å². The molecule has 5 nitrogen and oxygen atoms in total. The van der Waals surface area contributed by atoms with Crippen LogP contribution < -0.4 is 5.32 Å². The van der Waals surface area contributed by atoms with E-state index in [2.05, 4.69) is 46.1 Å². The summed E-state index contributed by atoms with van der Waals surface area (Å²) < 4.78 is 2.18. The molecule has 2 heterocycles. The number of carbonyl (C=O) groups excluding carboxylic acids is 1. The number of amides is 1. The lowest BCUT2D eigenvalue weighted by Gasteiger charge is -2.26. The third-order valence-corrected chi connectivity index (χ3v) is 5.19. The minimum Gasteiger partial charge on any atom is -0.347 e. The molecule has 1 aliphatic heterocycles. The highest BCUT2D eigenvalue weighted by Crippen LogP contribution is 2.23. The number of nitrogens with one attached hydrogen (secondary N) is 1. The van der Waals surface area contributed by atoms with Crippen molar-refractivity contribution in [2.24, 2.45) is 0 Å². The molecule has 1 N–H and O–H groups in total. The zero-order chi connectivity index (χ0) is 16.7. The molecule has 4 rings (SSSR count). The topological polar surface area (TPSA) is 59.8 Å². The summed E-state index contributed by atoms with van der Waals surface area (Å²) >= 11 is 0. The number of rotatable bonds is 3. The molecule has 0 spiro atoms. The zero-order valence-corrected chi connectivity index (χ0v) is 14.4. The fourth-order valence-electron chi connectivity index (χ4n) is 3.87. The van der Waals surface area contributed by atoms with Crippen molar-refractivity contribution in [3.63, 3.8) is 0 Å². The molecule has 2 aliphatic rings. The summed E-state index contributed by atoms with van der Waals surface area (Å²) in [5.41, 5.74) is 3.53. The fourth-order valence-corrected chi connectivity index (χ4v) is 3.87. The van der Waals surface area contributed by atoms with Gasteiger partial charge in [-0.1, -0.05) is 19.9 Å². The van der Waals surface area contributed by atoms with Gasteiger partial charge in [0, 0.05) is 30.5 Å². The maximum atomic E-state index is 12.6. The number of fused-ring (bicyclic) bond motifs is 2. The quantitative estimate of drug-likeness (QED) is 0.944. The second-order valence-electron chi connectivity index (χ2n) is 7.29. The number of carbonyl (C=O) groups is 1. The summed E-state index contributed by atoms with van der Waals surface area (Å²) in [6, 6.07) is 6.30. The molecule has 0 radical (unpaired) electrons. The van der Waals surface area contributed by atoms with E-state index in [-0.39, 0.29) is 11.9 Å². The molecule has 1 aliphatic carbocycles. The Morgan fingerprint density at radius 1 is 1.21 bits per heavy atom. The average Bonchev–Trinajstić information content (AvgIpc) is 3.20. The number of hydrogen-bond acceptors (Lipinski definition) is 3. The van der Waals surface area contributed by atoms with Gasteiger partial charge in [0.25, 0.3) is 5.91 Å². The number of nitrogens with zero attached hydrogens (tertiary/aromatic N) is 3. The molecule has 0 fully saturated rings. The van der Waals surface area contributed by atoms with Crippen LogP contribution in [0.1, 0.15) is 65.7 Å². The number of aryl methyl sites for hydroxylation is 3. The van der Waals surface area contributed by atoms with Crippen LogP contribution in [0.15, 0.2) is 18.2 Å². The Morgan fingerprint density at radius 3 is 2.88 bits per heavy atom. The standard InChI is InChI=1S/C19H24N4O/c1-12(2)18-22-21-17-9-8-16(11-23(17)18)20-19(24)15-7-6-13-4-3-5-14(13)10-15/h6-7,10,12,16H,3-5,8-9,11H2,1-2H3,(H,20,24)/t16-/m1/s1. The lowest BCUT2D eigenvalue weighted by Crippen LogP contribution is -2.41. The van der Waals surface area contributed by atoms with Crippen LogP contribution in [0.3, 0.4) is 0 Å². The molecule has 1 aromatic heterocycles. The maximum absolute atomic E-state index is 12.6. The molecule has 2 aromatic rings. The molecule has 0 saturated heterocycles. The highest BCUT2D eigenvalue weighted by Gasteiger charge is 2.25. The molecule has 1 aromatic carbocycles. The van der Waals surface area contributed by atoms with Gasteiger partial charge >= 0.3 is 0 Å². The van der Waals surface area contributed by atoms with E-state index in [1.54, 1.807) is 0 Å². The lowest BCUT2D eigenvalue weighted by atomic mass is 10.0. The van der Waals surface area contributed by atoms with Gasteiger partial charge in [-0.25, -0.2) is 0 Å². The molecule has 5 heteroatoms. The molecule has 126 valence electrons. The normalized spacial score (nSPS) is 19.2. The van der Waals surface area contributed by atoms with E-state index in [0.29, 0.717) is 5.92 Å². The lowest BCUT2D eigenvalue weighted by molar-refractivity contribution is 0.0927. The Hall–Kier alpha value is -2.17. The van der Waals surface area contributed by atoms with E-state index in [4.69, 9.17) is 0 Å². The highest BCUT2D eigenvalue weighted by molar-refractivity contribution is 5.94. The Bertz CT molecular complexity index is 778. The monoisotopic (exact) mass is 324 g/mol. The van der Waals surface area contributed by atoms with Crippen molar-refractivity contribution in [3.05, 3.63) is 46.5 Å². The van der Waals surface area contributed by atoms with Crippen molar-refractivity contribution in [2.45, 2.75) is 64.5 Å². The van der Waals surface area contributed by atoms with Crippen molar-refractivity contribution in [2.75, 3.05) is 0 Å². The van der Waals surface area contributed by atoms with Crippen molar-refractivity contribution in [1.82, 2.24) is 20.1 Å². The van der Waals surface area contributed by atoms with Crippen LogP contribution in [0.5, 0.6) is 0 Å². The summed E-state index contributed by atoms with van der Waals surface area (Å²) in [4.78, 5) is 12.6. The van der Waals surface area contributed by atoms with Crippen LogP contribution in [0, 0.1) is 0 Å². The first-order chi connectivity index (χ1) is 11.6. The largest absolute Gasteiger partial charge is 0.347 e. The molecule has 24 heavy (non-hydrogen) atoms. The minimum atomic E-state index is 0.0392. The van der Waals surface area contributed by atoms with E-state index in [1.165, 1.54) is 17.5 Å². The first-order valence-electron chi connectivity index (χ1n) is 8.96. The summed E-state index contributed by atoms with van der Waals surface area (Å²) in [6.45, 7) is 5.03. The molecule has 1 amide bonds. The summed E-state index contributed by atoms with van der Waals surface area (Å²) in [6.07, 6.45) is 5.25. The third kappa shape index (κ3) is 2.72. The van der Waals surface area contributed by atoms with Crippen LogP contribution in [-0.4, -0.2) is 26.7 Å². The van der Waals surface area contributed by atoms with Gasteiger partial charge in [0.1, 0.15) is 11.6 Å². The van der Waals surface area contributed by atoms with Crippen molar-refractivity contribution < 1.29 is 4.79 Å². The average molecular weight is 324 g/mol. The van der Waals surface area contributed by atoms with Crippen LogP contribution in [-0.2, 0) is 25.8 Å². The van der Waals surface area contributed by atoms with Gasteiger partial charge in [-0.3, -0.25) is 4.79 Å². The van der Waals surface area contributed by atoms with Gasteiger partial charge < -0.3 is 9.88 Å². The van der Waals surface area contributed by atoms with Crippen molar-refractivity contribution in [1.29, 1.82) is 0 Å². The van der Waals surface area contributed by atoms with E-state index in [9.17, 15) is 4.79 Å². The predicted octanol–water partition coefficient (Wildman–Crippen LogP) is 2.64. The predicted molar refractivity (Wildman–Crippen MR) is 92.2 cm³/mol. The number of benzene rings is 1. The molecule has 0 bridgehead atoms. The molecule has 0 unspecified atom stereocenters. The van der Waals surface area contributed by atoms with E-state index in [1.807, 2.05) is 6.07 Å². The number of hydrogen-bond donors (Lipinski definition) is 1. The van der Waals surface area contributed by atoms with Crippen LogP contribution >= 0.6 is 0 Å². The van der Waals surface area contributed by atoms with Crippen LogP contribution in [0.2, 0.25) is 0 Å². The first-order valence-corrected chi connectivity index (χ1v) is 8.96. The Balaban J connectivity index is 1.48. The second-order valence-corrected chi connectivity index (χ2v) is 7.29. The Morgan fingerprint density at radius 2 is 2.04 bits per heavy atom.